The second-order valence-corrected chi connectivity index (χ2v) is 6.19. The minimum atomic E-state index is 0.846. The molecule has 1 heterocycles. The molecule has 0 aliphatic carbocycles. The summed E-state index contributed by atoms with van der Waals surface area (Å²) in [5.74, 6) is 1.06. The van der Waals surface area contributed by atoms with Crippen molar-refractivity contribution < 1.29 is 0 Å². The predicted octanol–water partition coefficient (Wildman–Crippen LogP) is 5.37. The van der Waals surface area contributed by atoms with Crippen LogP contribution in [-0.4, -0.2) is 9.55 Å². The van der Waals surface area contributed by atoms with Gasteiger partial charge in [0.25, 0.3) is 0 Å². The minimum absolute atomic E-state index is 0.846. The Bertz CT molecular complexity index is 997. The highest BCUT2D eigenvalue weighted by Gasteiger charge is 2.10. The van der Waals surface area contributed by atoms with Crippen LogP contribution in [-0.2, 0) is 6.54 Å². The highest BCUT2D eigenvalue weighted by atomic mass is 15.1. The van der Waals surface area contributed by atoms with Crippen molar-refractivity contribution >= 4 is 11.0 Å². The molecule has 0 unspecified atom stereocenters. The van der Waals surface area contributed by atoms with Crippen LogP contribution in [0.15, 0.2) is 72.8 Å². The molecule has 1 aromatic heterocycles. The van der Waals surface area contributed by atoms with Gasteiger partial charge in [0.1, 0.15) is 5.82 Å². The van der Waals surface area contributed by atoms with Crippen LogP contribution < -0.4 is 0 Å². The van der Waals surface area contributed by atoms with Gasteiger partial charge in [0.05, 0.1) is 11.0 Å². The number of hydrogen-bond donors (Lipinski definition) is 0. The van der Waals surface area contributed by atoms with E-state index in [0.29, 0.717) is 0 Å². The Morgan fingerprint density at radius 2 is 1.54 bits per heavy atom. The van der Waals surface area contributed by atoms with E-state index < -0.39 is 0 Å². The van der Waals surface area contributed by atoms with Gasteiger partial charge < -0.3 is 4.57 Å². The van der Waals surface area contributed by atoms with Gasteiger partial charge in [-0.05, 0) is 48.2 Å². The zero-order chi connectivity index (χ0) is 16.5. The summed E-state index contributed by atoms with van der Waals surface area (Å²) < 4.78 is 2.30. The molecule has 24 heavy (non-hydrogen) atoms. The Hall–Kier alpha value is -2.87. The molecule has 4 aromatic rings. The van der Waals surface area contributed by atoms with E-state index in [1.54, 1.807) is 0 Å². The topological polar surface area (TPSA) is 17.8 Å². The zero-order valence-corrected chi connectivity index (χ0v) is 14.0. The number of hydrogen-bond acceptors (Lipinski definition) is 1. The zero-order valence-electron chi connectivity index (χ0n) is 14.0. The molecule has 0 amide bonds. The summed E-state index contributed by atoms with van der Waals surface area (Å²) in [6, 6.07) is 25.5. The van der Waals surface area contributed by atoms with E-state index in [1.165, 1.54) is 27.8 Å². The van der Waals surface area contributed by atoms with E-state index >= 15 is 0 Å². The maximum atomic E-state index is 4.68. The maximum absolute atomic E-state index is 4.68. The van der Waals surface area contributed by atoms with E-state index in [-0.39, 0.29) is 0 Å². The number of fused-ring (bicyclic) bond motifs is 1. The molecule has 118 valence electrons. The number of imidazole rings is 1. The van der Waals surface area contributed by atoms with Crippen molar-refractivity contribution in [3.63, 3.8) is 0 Å². The minimum Gasteiger partial charge on any atom is -0.324 e. The Kier molecular flexibility index (Phi) is 3.66. The summed E-state index contributed by atoms with van der Waals surface area (Å²) in [5, 5.41) is 0. The molecule has 0 fully saturated rings. The van der Waals surface area contributed by atoms with Crippen molar-refractivity contribution in [1.82, 2.24) is 9.55 Å². The van der Waals surface area contributed by atoms with Gasteiger partial charge in [-0.25, -0.2) is 4.98 Å². The summed E-state index contributed by atoms with van der Waals surface area (Å²) in [4.78, 5) is 4.68. The molecule has 0 spiro atoms. The van der Waals surface area contributed by atoms with Crippen molar-refractivity contribution in [3.05, 3.63) is 89.7 Å². The van der Waals surface area contributed by atoms with Gasteiger partial charge in [-0.3, -0.25) is 0 Å². The predicted molar refractivity (Wildman–Crippen MR) is 100 cm³/mol. The van der Waals surface area contributed by atoms with Gasteiger partial charge in [-0.1, -0.05) is 60.7 Å². The lowest BCUT2D eigenvalue weighted by Crippen LogP contribution is -2.04. The van der Waals surface area contributed by atoms with Gasteiger partial charge in [0, 0.05) is 6.54 Å². The van der Waals surface area contributed by atoms with Crippen molar-refractivity contribution in [2.45, 2.75) is 20.4 Å². The number of benzene rings is 3. The van der Waals surface area contributed by atoms with Crippen molar-refractivity contribution in [3.8, 4) is 11.1 Å². The lowest BCUT2D eigenvalue weighted by Gasteiger charge is -2.14. The number of para-hydroxylation sites is 2. The molecule has 0 aliphatic heterocycles. The van der Waals surface area contributed by atoms with Crippen LogP contribution in [0.25, 0.3) is 22.2 Å². The molecule has 0 saturated carbocycles. The molecular formula is C22H20N2. The van der Waals surface area contributed by atoms with Crippen LogP contribution in [0.2, 0.25) is 0 Å². The highest BCUT2D eigenvalue weighted by Crippen LogP contribution is 2.27. The molecule has 2 nitrogen and oxygen atoms in total. The third kappa shape index (κ3) is 2.50. The van der Waals surface area contributed by atoms with Gasteiger partial charge in [-0.2, -0.15) is 0 Å². The molecule has 0 aliphatic rings. The first-order chi connectivity index (χ1) is 11.7. The quantitative estimate of drug-likeness (QED) is 0.497. The molecule has 0 saturated heterocycles. The lowest BCUT2D eigenvalue weighted by atomic mass is 9.96. The van der Waals surface area contributed by atoms with Crippen molar-refractivity contribution in [2.24, 2.45) is 0 Å². The van der Waals surface area contributed by atoms with Crippen molar-refractivity contribution in [2.75, 3.05) is 0 Å². The molecular weight excluding hydrogens is 292 g/mol. The van der Waals surface area contributed by atoms with Gasteiger partial charge in [0.15, 0.2) is 0 Å². The third-order valence-corrected chi connectivity index (χ3v) is 4.70. The first-order valence-corrected chi connectivity index (χ1v) is 8.30. The van der Waals surface area contributed by atoms with E-state index in [1.807, 2.05) is 6.07 Å². The Labute approximate surface area is 142 Å². The monoisotopic (exact) mass is 312 g/mol. The van der Waals surface area contributed by atoms with Crippen LogP contribution in [0.1, 0.15) is 17.0 Å². The lowest BCUT2D eigenvalue weighted by molar-refractivity contribution is 0.782. The normalized spacial score (nSPS) is 11.1. The number of nitrogens with zero attached hydrogens (tertiary/aromatic N) is 2. The van der Waals surface area contributed by atoms with Crippen LogP contribution in [0, 0.1) is 13.8 Å². The van der Waals surface area contributed by atoms with E-state index in [4.69, 9.17) is 0 Å². The largest absolute Gasteiger partial charge is 0.324 e. The first-order valence-electron chi connectivity index (χ1n) is 8.30. The Morgan fingerprint density at radius 3 is 2.38 bits per heavy atom. The number of aromatic nitrogens is 2. The Morgan fingerprint density at radius 1 is 0.792 bits per heavy atom. The second-order valence-electron chi connectivity index (χ2n) is 6.19. The average Bonchev–Trinajstić information content (AvgIpc) is 2.93. The van der Waals surface area contributed by atoms with Crippen LogP contribution >= 0.6 is 0 Å². The fourth-order valence-electron chi connectivity index (χ4n) is 3.35. The summed E-state index contributed by atoms with van der Waals surface area (Å²) in [6.45, 7) is 5.14. The highest BCUT2D eigenvalue weighted by molar-refractivity contribution is 5.76. The molecule has 0 atom stereocenters. The van der Waals surface area contributed by atoms with Crippen LogP contribution in [0.4, 0.5) is 0 Å². The smallest absolute Gasteiger partial charge is 0.107 e. The standard InChI is InChI=1S/C22H20N2/c1-16-19(11-8-12-20(16)18-9-4-3-5-10-18)15-24-17(2)23-21-13-6-7-14-22(21)24/h3-14H,15H2,1-2H3. The molecule has 2 heteroatoms. The molecule has 0 radical (unpaired) electrons. The molecule has 0 bridgehead atoms. The fourth-order valence-corrected chi connectivity index (χ4v) is 3.35. The summed E-state index contributed by atoms with van der Waals surface area (Å²) >= 11 is 0. The molecule has 3 aromatic carbocycles. The van der Waals surface area contributed by atoms with Crippen LogP contribution in [0.3, 0.4) is 0 Å². The fraction of sp³-hybridized carbons (Fsp3) is 0.136. The maximum Gasteiger partial charge on any atom is 0.107 e. The molecule has 4 rings (SSSR count). The summed E-state index contributed by atoms with van der Waals surface area (Å²) in [7, 11) is 0. The summed E-state index contributed by atoms with van der Waals surface area (Å²) in [5.41, 5.74) is 7.49. The average molecular weight is 312 g/mol. The number of rotatable bonds is 3. The van der Waals surface area contributed by atoms with Crippen molar-refractivity contribution in [1.29, 1.82) is 0 Å². The van der Waals surface area contributed by atoms with E-state index in [0.717, 1.165) is 17.9 Å². The van der Waals surface area contributed by atoms with E-state index in [9.17, 15) is 0 Å². The SMILES string of the molecule is Cc1c(Cn2c(C)nc3ccccc32)cccc1-c1ccccc1. The van der Waals surface area contributed by atoms with Gasteiger partial charge in [0.2, 0.25) is 0 Å². The Balaban J connectivity index is 1.79. The van der Waals surface area contributed by atoms with E-state index in [2.05, 4.69) is 90.1 Å². The molecule has 0 N–H and O–H groups in total. The summed E-state index contributed by atoms with van der Waals surface area (Å²) in [6.07, 6.45) is 0. The van der Waals surface area contributed by atoms with Gasteiger partial charge >= 0.3 is 0 Å². The second kappa shape index (κ2) is 5.97. The number of aryl methyl sites for hydroxylation is 1. The third-order valence-electron chi connectivity index (χ3n) is 4.70. The van der Waals surface area contributed by atoms with Gasteiger partial charge in [-0.15, -0.1) is 0 Å². The first kappa shape index (κ1) is 14.7. The van der Waals surface area contributed by atoms with Crippen LogP contribution in [0.5, 0.6) is 0 Å².